The standard InChI is InChI=1S/C24H31N3O3/c1-16-17(2)25-21-6-5-18(13-20(16)21)22(28)27-11-7-24(8-12-27)14-19(30-23(24)29)15-26-9-3-4-10-26/h5-6,13,19,25H,3-4,7-12,14-15H2,1-2H3. The van der Waals surface area contributed by atoms with Crippen LogP contribution < -0.4 is 0 Å². The number of aromatic nitrogens is 1. The lowest BCUT2D eigenvalue weighted by molar-refractivity contribution is -0.150. The first-order valence-corrected chi connectivity index (χ1v) is 11.3. The first-order chi connectivity index (χ1) is 14.4. The number of H-pyrrole nitrogens is 1. The number of esters is 1. The van der Waals surface area contributed by atoms with E-state index >= 15 is 0 Å². The molecular weight excluding hydrogens is 378 g/mol. The molecule has 4 heterocycles. The van der Waals surface area contributed by atoms with Crippen molar-refractivity contribution in [3.05, 3.63) is 35.0 Å². The van der Waals surface area contributed by atoms with Crippen LogP contribution in [0.15, 0.2) is 18.2 Å². The third kappa shape index (κ3) is 3.31. The first kappa shape index (κ1) is 19.6. The lowest BCUT2D eigenvalue weighted by Gasteiger charge is -2.36. The summed E-state index contributed by atoms with van der Waals surface area (Å²) in [6.45, 7) is 8.48. The lowest BCUT2D eigenvalue weighted by atomic mass is 9.76. The molecule has 3 aliphatic heterocycles. The SMILES string of the molecule is Cc1[nH]c2ccc(C(=O)N3CCC4(CC3)CC(CN3CCCC3)OC4=O)cc2c1C. The van der Waals surface area contributed by atoms with E-state index in [-0.39, 0.29) is 23.4 Å². The van der Waals surface area contributed by atoms with Crippen LogP contribution in [-0.2, 0) is 9.53 Å². The van der Waals surface area contributed by atoms with Gasteiger partial charge in [-0.15, -0.1) is 0 Å². The molecule has 3 aliphatic rings. The van der Waals surface area contributed by atoms with Gasteiger partial charge in [0.2, 0.25) is 0 Å². The molecule has 1 aromatic carbocycles. The van der Waals surface area contributed by atoms with Crippen molar-refractivity contribution in [3.8, 4) is 0 Å². The van der Waals surface area contributed by atoms with E-state index in [4.69, 9.17) is 4.74 Å². The van der Waals surface area contributed by atoms with Crippen molar-refractivity contribution in [1.82, 2.24) is 14.8 Å². The number of piperidine rings is 1. The topological polar surface area (TPSA) is 65.6 Å². The molecule has 5 rings (SSSR count). The smallest absolute Gasteiger partial charge is 0.312 e. The molecule has 1 aromatic heterocycles. The zero-order valence-electron chi connectivity index (χ0n) is 18.0. The van der Waals surface area contributed by atoms with Crippen molar-refractivity contribution in [2.75, 3.05) is 32.7 Å². The predicted molar refractivity (Wildman–Crippen MR) is 116 cm³/mol. The average molecular weight is 410 g/mol. The number of fused-ring (bicyclic) bond motifs is 1. The van der Waals surface area contributed by atoms with Crippen molar-refractivity contribution >= 4 is 22.8 Å². The lowest BCUT2D eigenvalue weighted by Crippen LogP contribution is -2.45. The number of aryl methyl sites for hydroxylation is 2. The maximum Gasteiger partial charge on any atom is 0.312 e. The van der Waals surface area contributed by atoms with Gasteiger partial charge in [0.15, 0.2) is 0 Å². The summed E-state index contributed by atoms with van der Waals surface area (Å²) in [6, 6.07) is 5.89. The Labute approximate surface area is 177 Å². The fraction of sp³-hybridized carbons (Fsp3) is 0.583. The molecule has 1 N–H and O–H groups in total. The van der Waals surface area contributed by atoms with E-state index in [2.05, 4.69) is 23.7 Å². The molecule has 0 bridgehead atoms. The van der Waals surface area contributed by atoms with Crippen molar-refractivity contribution in [2.24, 2.45) is 5.41 Å². The minimum atomic E-state index is -0.389. The number of ether oxygens (including phenoxy) is 1. The predicted octanol–water partition coefficient (Wildman–Crippen LogP) is 3.42. The molecule has 0 saturated carbocycles. The zero-order valence-corrected chi connectivity index (χ0v) is 18.0. The van der Waals surface area contributed by atoms with Crippen molar-refractivity contribution < 1.29 is 14.3 Å². The number of carbonyl (C=O) groups excluding carboxylic acids is 2. The van der Waals surface area contributed by atoms with Gasteiger partial charge in [0.1, 0.15) is 6.10 Å². The number of nitrogens with one attached hydrogen (secondary N) is 1. The molecule has 3 fully saturated rings. The fourth-order valence-electron chi connectivity index (χ4n) is 5.52. The first-order valence-electron chi connectivity index (χ1n) is 11.3. The van der Waals surface area contributed by atoms with Gasteiger partial charge in [-0.2, -0.15) is 0 Å². The molecule has 1 unspecified atom stereocenters. The highest BCUT2D eigenvalue weighted by Gasteiger charge is 2.51. The van der Waals surface area contributed by atoms with Gasteiger partial charge >= 0.3 is 5.97 Å². The Morgan fingerprint density at radius 3 is 2.63 bits per heavy atom. The number of benzene rings is 1. The van der Waals surface area contributed by atoms with E-state index in [1.54, 1.807) is 0 Å². The second-order valence-electron chi connectivity index (χ2n) is 9.45. The van der Waals surface area contributed by atoms with Crippen LogP contribution in [0.25, 0.3) is 10.9 Å². The summed E-state index contributed by atoms with van der Waals surface area (Å²) in [6.07, 6.45) is 4.72. The number of hydrogen-bond donors (Lipinski definition) is 1. The van der Waals surface area contributed by atoms with Crippen molar-refractivity contribution in [1.29, 1.82) is 0 Å². The van der Waals surface area contributed by atoms with Gasteiger partial charge in [0.25, 0.3) is 5.91 Å². The third-order valence-electron chi connectivity index (χ3n) is 7.55. The van der Waals surface area contributed by atoms with Gasteiger partial charge in [-0.3, -0.25) is 14.5 Å². The van der Waals surface area contributed by atoms with E-state index in [0.29, 0.717) is 25.9 Å². The fourth-order valence-corrected chi connectivity index (χ4v) is 5.52. The minimum Gasteiger partial charge on any atom is -0.461 e. The van der Waals surface area contributed by atoms with E-state index in [0.717, 1.165) is 48.2 Å². The highest BCUT2D eigenvalue weighted by molar-refractivity contribution is 5.99. The van der Waals surface area contributed by atoms with Crippen LogP contribution >= 0.6 is 0 Å². The minimum absolute atomic E-state index is 0.0139. The number of cyclic esters (lactones) is 1. The monoisotopic (exact) mass is 409 g/mol. The Balaban J connectivity index is 1.25. The van der Waals surface area contributed by atoms with Crippen LogP contribution in [0.3, 0.4) is 0 Å². The largest absolute Gasteiger partial charge is 0.461 e. The Kier molecular flexibility index (Phi) is 4.85. The van der Waals surface area contributed by atoms with Gasteiger partial charge in [0, 0.05) is 48.2 Å². The molecule has 1 amide bonds. The molecule has 6 nitrogen and oxygen atoms in total. The molecule has 0 radical (unpaired) electrons. The Morgan fingerprint density at radius 2 is 1.90 bits per heavy atom. The second kappa shape index (κ2) is 7.41. The maximum atomic E-state index is 13.1. The van der Waals surface area contributed by atoms with Crippen molar-refractivity contribution in [2.45, 2.75) is 52.1 Å². The number of hydrogen-bond acceptors (Lipinski definition) is 4. The highest BCUT2D eigenvalue weighted by Crippen LogP contribution is 2.43. The summed E-state index contributed by atoms with van der Waals surface area (Å²) in [7, 11) is 0. The highest BCUT2D eigenvalue weighted by atomic mass is 16.6. The summed E-state index contributed by atoms with van der Waals surface area (Å²) >= 11 is 0. The van der Waals surface area contributed by atoms with Gasteiger partial charge in [0.05, 0.1) is 5.41 Å². The van der Waals surface area contributed by atoms with E-state index < -0.39 is 0 Å². The summed E-state index contributed by atoms with van der Waals surface area (Å²) in [5.41, 5.74) is 3.73. The number of likely N-dealkylation sites (tertiary alicyclic amines) is 2. The number of aromatic amines is 1. The molecule has 3 saturated heterocycles. The van der Waals surface area contributed by atoms with Crippen LogP contribution in [-0.4, -0.2) is 65.5 Å². The number of nitrogens with zero attached hydrogens (tertiary/aromatic N) is 2. The second-order valence-corrected chi connectivity index (χ2v) is 9.45. The van der Waals surface area contributed by atoms with Gasteiger partial charge in [-0.05, 0) is 76.4 Å². The third-order valence-corrected chi connectivity index (χ3v) is 7.55. The molecule has 1 spiro atoms. The van der Waals surface area contributed by atoms with Gasteiger partial charge < -0.3 is 14.6 Å². The Bertz CT molecular complexity index is 981. The van der Waals surface area contributed by atoms with Crippen LogP contribution in [0.5, 0.6) is 0 Å². The molecule has 6 heteroatoms. The van der Waals surface area contributed by atoms with Gasteiger partial charge in [-0.1, -0.05) is 0 Å². The Morgan fingerprint density at radius 1 is 1.17 bits per heavy atom. The molecule has 0 aliphatic carbocycles. The maximum absolute atomic E-state index is 13.1. The van der Waals surface area contributed by atoms with Crippen molar-refractivity contribution in [3.63, 3.8) is 0 Å². The van der Waals surface area contributed by atoms with Crippen LogP contribution in [0, 0.1) is 19.3 Å². The van der Waals surface area contributed by atoms with E-state index in [9.17, 15) is 9.59 Å². The number of amides is 1. The Hall–Kier alpha value is -2.34. The molecule has 1 atom stereocenters. The average Bonchev–Trinajstić information content (AvgIpc) is 3.43. The van der Waals surface area contributed by atoms with E-state index in [1.165, 1.54) is 18.4 Å². The molecule has 2 aromatic rings. The summed E-state index contributed by atoms with van der Waals surface area (Å²) < 4.78 is 5.77. The number of rotatable bonds is 3. The van der Waals surface area contributed by atoms with Crippen LogP contribution in [0.2, 0.25) is 0 Å². The summed E-state index contributed by atoms with van der Waals surface area (Å²) in [5.74, 6) is 0.0172. The quantitative estimate of drug-likeness (QED) is 0.789. The molecule has 160 valence electrons. The van der Waals surface area contributed by atoms with E-state index in [1.807, 2.05) is 23.1 Å². The molecular formula is C24H31N3O3. The zero-order chi connectivity index (χ0) is 20.9. The number of carbonyl (C=O) groups is 2. The summed E-state index contributed by atoms with van der Waals surface area (Å²) in [5, 5.41) is 1.11. The van der Waals surface area contributed by atoms with Gasteiger partial charge in [-0.25, -0.2) is 0 Å². The van der Waals surface area contributed by atoms with Crippen LogP contribution in [0.4, 0.5) is 0 Å². The molecule has 30 heavy (non-hydrogen) atoms. The van der Waals surface area contributed by atoms with Crippen LogP contribution in [0.1, 0.15) is 53.7 Å². The normalized spacial score (nSPS) is 24.1. The summed E-state index contributed by atoms with van der Waals surface area (Å²) in [4.78, 5) is 33.5.